The highest BCUT2D eigenvalue weighted by molar-refractivity contribution is 7.14. The fraction of sp³-hybridized carbons (Fsp3) is 0.300. The Balaban J connectivity index is 1.50. The summed E-state index contributed by atoms with van der Waals surface area (Å²) in [7, 11) is 1.55. The van der Waals surface area contributed by atoms with Crippen LogP contribution in [0.1, 0.15) is 46.4 Å². The van der Waals surface area contributed by atoms with Gasteiger partial charge in [-0.15, -0.1) is 11.3 Å². The summed E-state index contributed by atoms with van der Waals surface area (Å²) in [5, 5.41) is 14.2. The van der Waals surface area contributed by atoms with Crippen molar-refractivity contribution in [3.63, 3.8) is 0 Å². The summed E-state index contributed by atoms with van der Waals surface area (Å²) in [5.74, 6) is 1.75. The van der Waals surface area contributed by atoms with Crippen LogP contribution >= 0.6 is 11.3 Å². The van der Waals surface area contributed by atoms with Crippen LogP contribution in [0.4, 0.5) is 5.69 Å². The summed E-state index contributed by atoms with van der Waals surface area (Å²) in [6, 6.07) is 11.3. The van der Waals surface area contributed by atoms with E-state index in [1.165, 1.54) is 11.3 Å². The Hall–Kier alpha value is -3.75. The molecule has 6 rings (SSSR count). The minimum Gasteiger partial charge on any atom is -0.504 e. The molecule has 3 aliphatic heterocycles. The molecule has 0 atom stereocenters. The van der Waals surface area contributed by atoms with Gasteiger partial charge in [-0.2, -0.15) is 0 Å². The number of phenols is 1. The molecule has 8 heteroatoms. The van der Waals surface area contributed by atoms with Crippen LogP contribution in [0.25, 0.3) is 28.5 Å². The number of anilines is 1. The minimum atomic E-state index is -0.193. The average Bonchev–Trinajstić information content (AvgIpc) is 3.36. The van der Waals surface area contributed by atoms with E-state index in [2.05, 4.69) is 44.3 Å². The predicted octanol–water partition coefficient (Wildman–Crippen LogP) is 6.10. The van der Waals surface area contributed by atoms with E-state index >= 15 is 0 Å². The van der Waals surface area contributed by atoms with Crippen molar-refractivity contribution in [2.45, 2.75) is 26.3 Å². The van der Waals surface area contributed by atoms with Gasteiger partial charge in [-0.05, 0) is 62.8 Å². The zero-order valence-electron chi connectivity index (χ0n) is 21.9. The number of aromatic hydroxyl groups is 1. The predicted molar refractivity (Wildman–Crippen MR) is 151 cm³/mol. The number of methoxy groups -OCH3 is 1. The number of morpholine rings is 1. The molecule has 2 aromatic carbocycles. The van der Waals surface area contributed by atoms with Crippen molar-refractivity contribution in [1.29, 1.82) is 0 Å². The topological polar surface area (TPSA) is 80.3 Å². The summed E-state index contributed by atoms with van der Waals surface area (Å²) in [6.45, 7) is 8.74. The largest absolute Gasteiger partial charge is 0.504 e. The molecule has 0 aliphatic carbocycles. The number of nitrogens with zero attached hydrogens (tertiary/aromatic N) is 1. The maximum atomic E-state index is 13.0. The number of phenolic OH excluding ortho intramolecular Hbond substituents is 1. The molecule has 1 amide bonds. The van der Waals surface area contributed by atoms with Gasteiger partial charge in [0.15, 0.2) is 11.5 Å². The molecular formula is C30H30N2O5S. The first-order chi connectivity index (χ1) is 18.3. The number of benzene rings is 2. The molecule has 38 heavy (non-hydrogen) atoms. The first-order valence-electron chi connectivity index (χ1n) is 12.7. The molecule has 0 radical (unpaired) electrons. The van der Waals surface area contributed by atoms with Crippen LogP contribution in [0.3, 0.4) is 0 Å². The van der Waals surface area contributed by atoms with E-state index < -0.39 is 0 Å². The zero-order chi connectivity index (χ0) is 26.6. The van der Waals surface area contributed by atoms with Crippen molar-refractivity contribution in [1.82, 2.24) is 4.90 Å². The van der Waals surface area contributed by atoms with Gasteiger partial charge in [-0.25, -0.2) is 0 Å². The van der Waals surface area contributed by atoms with E-state index in [4.69, 9.17) is 14.2 Å². The number of nitrogens with one attached hydrogen (secondary N) is 1. The molecule has 1 fully saturated rings. The van der Waals surface area contributed by atoms with E-state index in [0.717, 1.165) is 38.4 Å². The number of allylic oxidation sites excluding steroid dienone is 1. The lowest BCUT2D eigenvalue weighted by atomic mass is 9.83. The maximum absolute atomic E-state index is 13.0. The molecule has 1 saturated heterocycles. The second-order valence-electron chi connectivity index (χ2n) is 10.3. The number of hydrogen-bond donors (Lipinski definition) is 2. The second kappa shape index (κ2) is 9.22. The van der Waals surface area contributed by atoms with E-state index in [0.29, 0.717) is 48.4 Å². The van der Waals surface area contributed by atoms with Crippen molar-refractivity contribution in [2.75, 3.05) is 38.7 Å². The molecule has 1 aromatic heterocycles. The number of fused-ring (bicyclic) bond motifs is 5. The van der Waals surface area contributed by atoms with E-state index in [1.807, 2.05) is 23.1 Å². The summed E-state index contributed by atoms with van der Waals surface area (Å²) in [5.41, 5.74) is 5.55. The molecule has 2 N–H and O–H groups in total. The standard InChI is InChI=1S/C30H30N2O5S/c1-17-16-30(2,3)31-20-7-6-19-26(25(17)20)23(37-22-9-8-21(33)28(35-4)27(19)22)15-18-5-10-24(38-18)29(34)32-11-13-36-14-12-32/h5-10,15-16,31,33H,11-14H2,1-4H3/b23-15-. The lowest BCUT2D eigenvalue weighted by Gasteiger charge is -2.35. The molecule has 0 spiro atoms. The van der Waals surface area contributed by atoms with Crippen molar-refractivity contribution < 1.29 is 24.1 Å². The summed E-state index contributed by atoms with van der Waals surface area (Å²) < 4.78 is 17.5. The van der Waals surface area contributed by atoms with E-state index in [-0.39, 0.29) is 17.2 Å². The smallest absolute Gasteiger partial charge is 0.264 e. The van der Waals surface area contributed by atoms with Crippen LogP contribution < -0.4 is 14.8 Å². The Labute approximate surface area is 226 Å². The molecule has 0 bridgehead atoms. The van der Waals surface area contributed by atoms with Gasteiger partial charge in [-0.3, -0.25) is 4.79 Å². The molecule has 7 nitrogen and oxygen atoms in total. The number of carbonyl (C=O) groups excluding carboxylic acids is 1. The van der Waals surface area contributed by atoms with Gasteiger partial charge < -0.3 is 29.5 Å². The Bertz CT molecular complexity index is 1510. The van der Waals surface area contributed by atoms with Gasteiger partial charge in [0.25, 0.3) is 5.91 Å². The van der Waals surface area contributed by atoms with E-state index in [1.54, 1.807) is 19.2 Å². The van der Waals surface area contributed by atoms with Gasteiger partial charge in [0, 0.05) is 40.3 Å². The molecular weight excluding hydrogens is 500 g/mol. The van der Waals surface area contributed by atoms with Crippen LogP contribution in [0.2, 0.25) is 0 Å². The summed E-state index contributed by atoms with van der Waals surface area (Å²) in [6.07, 6.45) is 4.21. The van der Waals surface area contributed by atoms with Crippen LogP contribution in [-0.2, 0) is 4.74 Å². The Kier molecular flexibility index (Phi) is 5.96. The Morgan fingerprint density at radius 2 is 1.89 bits per heavy atom. The third-order valence-corrected chi connectivity index (χ3v) is 8.10. The SMILES string of the molecule is COc1c(O)ccc2c1-c1ccc3c(c1/C(=C/c1ccc(C(=O)N4CCOCC4)s1)O2)C(C)=CC(C)(C)N3. The first kappa shape index (κ1) is 24.6. The first-order valence-corrected chi connectivity index (χ1v) is 13.5. The van der Waals surface area contributed by atoms with Crippen molar-refractivity contribution >= 4 is 40.3 Å². The second-order valence-corrected chi connectivity index (χ2v) is 11.4. The molecule has 3 aliphatic rings. The highest BCUT2D eigenvalue weighted by atomic mass is 32.1. The quantitative estimate of drug-likeness (QED) is 0.426. The Morgan fingerprint density at radius 1 is 1.11 bits per heavy atom. The van der Waals surface area contributed by atoms with Crippen LogP contribution in [-0.4, -0.2) is 54.9 Å². The van der Waals surface area contributed by atoms with Crippen molar-refractivity contribution in [3.05, 3.63) is 63.4 Å². The van der Waals surface area contributed by atoms with Gasteiger partial charge in [0.05, 0.1) is 36.3 Å². The summed E-state index contributed by atoms with van der Waals surface area (Å²) >= 11 is 1.45. The lowest BCUT2D eigenvalue weighted by Crippen LogP contribution is -2.40. The van der Waals surface area contributed by atoms with Gasteiger partial charge in [0.2, 0.25) is 0 Å². The third-order valence-electron chi connectivity index (χ3n) is 7.08. The number of ether oxygens (including phenoxy) is 3. The normalized spacial score (nSPS) is 18.5. The average molecular weight is 531 g/mol. The van der Waals surface area contributed by atoms with Gasteiger partial charge >= 0.3 is 0 Å². The lowest BCUT2D eigenvalue weighted by molar-refractivity contribution is 0.0306. The molecule has 196 valence electrons. The number of carbonyl (C=O) groups is 1. The van der Waals surface area contributed by atoms with Crippen molar-refractivity contribution in [2.24, 2.45) is 0 Å². The van der Waals surface area contributed by atoms with Gasteiger partial charge in [0.1, 0.15) is 11.5 Å². The van der Waals surface area contributed by atoms with Crippen LogP contribution in [0.15, 0.2) is 42.5 Å². The van der Waals surface area contributed by atoms with Crippen LogP contribution in [0, 0.1) is 0 Å². The molecule has 0 unspecified atom stereocenters. The highest BCUT2D eigenvalue weighted by Crippen LogP contribution is 2.54. The number of amides is 1. The van der Waals surface area contributed by atoms with E-state index in [9.17, 15) is 9.90 Å². The highest BCUT2D eigenvalue weighted by Gasteiger charge is 2.33. The molecule has 0 saturated carbocycles. The molecule has 3 aromatic rings. The Morgan fingerprint density at radius 3 is 2.66 bits per heavy atom. The van der Waals surface area contributed by atoms with Gasteiger partial charge in [-0.1, -0.05) is 12.1 Å². The fourth-order valence-electron chi connectivity index (χ4n) is 5.55. The maximum Gasteiger partial charge on any atom is 0.264 e. The molecule has 4 heterocycles. The number of thiophene rings is 1. The van der Waals surface area contributed by atoms with Crippen LogP contribution in [0.5, 0.6) is 17.2 Å². The third kappa shape index (κ3) is 4.14. The fourth-order valence-corrected chi connectivity index (χ4v) is 6.45. The summed E-state index contributed by atoms with van der Waals surface area (Å²) in [4.78, 5) is 16.5. The zero-order valence-corrected chi connectivity index (χ0v) is 22.7. The number of hydrogen-bond acceptors (Lipinski definition) is 7. The number of rotatable bonds is 3. The monoisotopic (exact) mass is 530 g/mol. The van der Waals surface area contributed by atoms with Crippen molar-refractivity contribution in [3.8, 4) is 28.4 Å². The minimum absolute atomic E-state index is 0.0288.